The molecule has 0 radical (unpaired) electrons. The van der Waals surface area contributed by atoms with Crippen LogP contribution in [0.1, 0.15) is 22.6 Å². The zero-order chi connectivity index (χ0) is 37.5. The van der Waals surface area contributed by atoms with Gasteiger partial charge in [-0.2, -0.15) is 9.97 Å². The van der Waals surface area contributed by atoms with Crippen molar-refractivity contribution >= 4 is 43.6 Å². The second kappa shape index (κ2) is 12.4. The van der Waals surface area contributed by atoms with Crippen LogP contribution in [0, 0.1) is 0 Å². The molecule has 1 aliphatic rings. The van der Waals surface area contributed by atoms with Crippen LogP contribution in [0.2, 0.25) is 0 Å². The predicted octanol–water partition coefficient (Wildman–Crippen LogP) is 12.6. The number of aromatic nitrogens is 5. The second-order valence-corrected chi connectivity index (χ2v) is 14.8. The maximum Gasteiger partial charge on any atom is 0.238 e. The lowest BCUT2D eigenvalue weighted by Crippen LogP contribution is -2.06. The first-order valence-electron chi connectivity index (χ1n) is 19.4. The van der Waals surface area contributed by atoms with Crippen LogP contribution in [-0.4, -0.2) is 24.1 Å². The molecule has 3 heterocycles. The summed E-state index contributed by atoms with van der Waals surface area (Å²) in [5.41, 5.74) is 14.1. The molecule has 0 fully saturated rings. The van der Waals surface area contributed by atoms with Gasteiger partial charge in [0, 0.05) is 44.3 Å². The third kappa shape index (κ3) is 4.85. The summed E-state index contributed by atoms with van der Waals surface area (Å²) in [7, 11) is 0. The van der Waals surface area contributed by atoms with Gasteiger partial charge in [0.05, 0.1) is 22.1 Å². The molecular formula is C52H33N5. The minimum Gasteiger partial charge on any atom is -0.309 e. The zero-order valence-corrected chi connectivity index (χ0v) is 30.8. The fraction of sp³-hybridized carbons (Fsp3) is 0.0192. The molecule has 0 aliphatic heterocycles. The van der Waals surface area contributed by atoms with E-state index in [1.54, 1.807) is 0 Å². The minimum absolute atomic E-state index is 0.204. The highest BCUT2D eigenvalue weighted by atomic mass is 15.2. The van der Waals surface area contributed by atoms with E-state index in [0.717, 1.165) is 44.1 Å². The Kier molecular flexibility index (Phi) is 6.92. The van der Waals surface area contributed by atoms with Crippen LogP contribution >= 0.6 is 0 Å². The molecule has 0 saturated heterocycles. The number of para-hydroxylation sites is 2. The molecule has 8 aromatic carbocycles. The van der Waals surface area contributed by atoms with Gasteiger partial charge >= 0.3 is 0 Å². The summed E-state index contributed by atoms with van der Waals surface area (Å²) in [5.74, 6) is 2.06. The number of hydrogen-bond acceptors (Lipinski definition) is 3. The van der Waals surface area contributed by atoms with Crippen LogP contribution in [0.4, 0.5) is 0 Å². The van der Waals surface area contributed by atoms with Gasteiger partial charge in [-0.05, 0) is 64.2 Å². The van der Waals surface area contributed by atoms with Gasteiger partial charge in [-0.15, -0.1) is 0 Å². The summed E-state index contributed by atoms with van der Waals surface area (Å²) in [6.45, 7) is 0. The van der Waals surface area contributed by atoms with E-state index in [4.69, 9.17) is 15.0 Å². The van der Waals surface area contributed by atoms with E-state index in [0.29, 0.717) is 17.6 Å². The Morgan fingerprint density at radius 2 is 0.807 bits per heavy atom. The van der Waals surface area contributed by atoms with Crippen molar-refractivity contribution in [1.29, 1.82) is 0 Å². The van der Waals surface area contributed by atoms with Crippen molar-refractivity contribution in [2.75, 3.05) is 0 Å². The van der Waals surface area contributed by atoms with Crippen LogP contribution in [0.3, 0.4) is 0 Å². The molecule has 0 atom stereocenters. The van der Waals surface area contributed by atoms with Crippen molar-refractivity contribution in [2.45, 2.75) is 5.92 Å². The smallest absolute Gasteiger partial charge is 0.238 e. The number of hydrogen-bond donors (Lipinski definition) is 0. The van der Waals surface area contributed by atoms with E-state index in [2.05, 4.69) is 167 Å². The van der Waals surface area contributed by atoms with Gasteiger partial charge in [-0.25, -0.2) is 4.98 Å². The van der Waals surface area contributed by atoms with Crippen LogP contribution in [0.5, 0.6) is 0 Å². The van der Waals surface area contributed by atoms with Gasteiger partial charge < -0.3 is 4.57 Å². The summed E-state index contributed by atoms with van der Waals surface area (Å²) < 4.78 is 4.63. The number of benzene rings is 8. The molecule has 3 aromatic heterocycles. The molecule has 0 spiro atoms. The molecular weight excluding hydrogens is 695 g/mol. The van der Waals surface area contributed by atoms with E-state index in [1.807, 2.05) is 36.4 Å². The highest BCUT2D eigenvalue weighted by Crippen LogP contribution is 2.48. The third-order valence-corrected chi connectivity index (χ3v) is 11.7. The Morgan fingerprint density at radius 3 is 1.37 bits per heavy atom. The van der Waals surface area contributed by atoms with E-state index >= 15 is 0 Å². The van der Waals surface area contributed by atoms with Crippen LogP contribution in [-0.2, 0) is 0 Å². The summed E-state index contributed by atoms with van der Waals surface area (Å²) in [5, 5.41) is 4.65. The van der Waals surface area contributed by atoms with Gasteiger partial charge in [0.25, 0.3) is 0 Å². The van der Waals surface area contributed by atoms with Crippen molar-refractivity contribution in [3.05, 3.63) is 211 Å². The van der Waals surface area contributed by atoms with Crippen LogP contribution in [0.15, 0.2) is 194 Å². The molecule has 0 saturated carbocycles. The fourth-order valence-electron chi connectivity index (χ4n) is 9.15. The molecule has 1 aliphatic carbocycles. The average molecular weight is 728 g/mol. The van der Waals surface area contributed by atoms with Gasteiger partial charge in [-0.3, -0.25) is 4.57 Å². The van der Waals surface area contributed by atoms with Crippen molar-refractivity contribution in [2.24, 2.45) is 0 Å². The highest BCUT2D eigenvalue weighted by Gasteiger charge is 2.29. The van der Waals surface area contributed by atoms with Gasteiger partial charge in [-0.1, -0.05) is 158 Å². The molecule has 5 nitrogen and oxygen atoms in total. The van der Waals surface area contributed by atoms with E-state index in [1.165, 1.54) is 44.1 Å². The van der Waals surface area contributed by atoms with Gasteiger partial charge in [0.15, 0.2) is 11.6 Å². The maximum atomic E-state index is 5.17. The lowest BCUT2D eigenvalue weighted by molar-refractivity contribution is 0.954. The molecule has 11 aromatic rings. The number of rotatable bonds is 5. The first kappa shape index (κ1) is 31.7. The van der Waals surface area contributed by atoms with E-state index < -0.39 is 0 Å². The summed E-state index contributed by atoms with van der Waals surface area (Å²) in [6.07, 6.45) is 0. The zero-order valence-electron chi connectivity index (χ0n) is 30.8. The van der Waals surface area contributed by atoms with E-state index in [9.17, 15) is 0 Å². The van der Waals surface area contributed by atoms with Crippen molar-refractivity contribution in [3.8, 4) is 45.5 Å². The Labute approximate surface area is 328 Å². The molecule has 0 bridgehead atoms. The molecule has 5 heteroatoms. The third-order valence-electron chi connectivity index (χ3n) is 11.7. The monoisotopic (exact) mass is 727 g/mol. The SMILES string of the molecule is c1ccc(-c2nc(-c3ccccc3)nc(-n3c4ccccc4c4cc5c(cc43)c3ccccc3n5-c3ccc(C4c5ccccc5-c5ccccc54)cc3)n2)cc1. The molecule has 0 N–H and O–H groups in total. The largest absolute Gasteiger partial charge is 0.309 e. The Bertz CT molecular complexity index is 3240. The second-order valence-electron chi connectivity index (χ2n) is 14.8. The summed E-state index contributed by atoms with van der Waals surface area (Å²) >= 11 is 0. The Morgan fingerprint density at radius 1 is 0.351 bits per heavy atom. The quantitative estimate of drug-likeness (QED) is 0.177. The molecule has 57 heavy (non-hydrogen) atoms. The Hall–Kier alpha value is -7.63. The standard InChI is InChI=1S/C52H33N5/c1-3-15-34(16-4-1)50-53-51(35-17-5-2-6-18-35)55-52(54-50)57-46-26-14-12-22-40(46)44-31-47-43(32-48(44)57)39-21-11-13-25-45(39)56(47)36-29-27-33(28-30-36)49-41-23-9-7-19-37(41)38-20-8-10-24-42(38)49/h1-32,49H. The lowest BCUT2D eigenvalue weighted by atomic mass is 9.89. The topological polar surface area (TPSA) is 48.5 Å². The molecule has 0 unspecified atom stereocenters. The molecule has 0 amide bonds. The van der Waals surface area contributed by atoms with Gasteiger partial charge in [0.1, 0.15) is 0 Å². The summed E-state index contributed by atoms with van der Waals surface area (Å²) in [6, 6.07) is 69.2. The highest BCUT2D eigenvalue weighted by molar-refractivity contribution is 6.19. The summed E-state index contributed by atoms with van der Waals surface area (Å²) in [4.78, 5) is 15.3. The van der Waals surface area contributed by atoms with Crippen molar-refractivity contribution < 1.29 is 0 Å². The lowest BCUT2D eigenvalue weighted by Gasteiger charge is -2.16. The van der Waals surface area contributed by atoms with E-state index in [-0.39, 0.29) is 5.92 Å². The minimum atomic E-state index is 0.204. The predicted molar refractivity (Wildman–Crippen MR) is 232 cm³/mol. The Balaban J connectivity index is 1.07. The maximum absolute atomic E-state index is 5.17. The van der Waals surface area contributed by atoms with Crippen molar-refractivity contribution in [3.63, 3.8) is 0 Å². The number of nitrogens with zero attached hydrogens (tertiary/aromatic N) is 5. The average Bonchev–Trinajstić information content (AvgIpc) is 3.91. The van der Waals surface area contributed by atoms with Crippen molar-refractivity contribution in [1.82, 2.24) is 24.1 Å². The van der Waals surface area contributed by atoms with Crippen LogP contribution < -0.4 is 0 Å². The number of fused-ring (bicyclic) bond motifs is 9. The normalized spacial score (nSPS) is 12.5. The fourth-order valence-corrected chi connectivity index (χ4v) is 9.15. The molecule has 266 valence electrons. The first-order chi connectivity index (χ1) is 28.3. The first-order valence-corrected chi connectivity index (χ1v) is 19.4. The van der Waals surface area contributed by atoms with Gasteiger partial charge in [0.2, 0.25) is 5.95 Å². The van der Waals surface area contributed by atoms with Crippen LogP contribution in [0.25, 0.3) is 89.2 Å². The molecule has 12 rings (SSSR count).